The van der Waals surface area contributed by atoms with Crippen molar-refractivity contribution >= 4 is 22.9 Å². The number of carbonyl (C=O) groups excluding carboxylic acids is 2. The number of amides is 2. The van der Waals surface area contributed by atoms with Crippen LogP contribution in [0.3, 0.4) is 0 Å². The maximum absolute atomic E-state index is 10.8. The first-order chi connectivity index (χ1) is 4.70. The third kappa shape index (κ3) is 1.63. The molecule has 1 rings (SSSR count). The number of hydrogen-bond acceptors (Lipinski definition) is 3. The van der Waals surface area contributed by atoms with E-state index >= 15 is 0 Å². The normalized spacial score (nSPS) is 24.8. The Hall–Kier alpha value is -0.710. The molecule has 1 aliphatic heterocycles. The highest BCUT2D eigenvalue weighted by Gasteiger charge is 2.25. The molecule has 0 aromatic rings. The van der Waals surface area contributed by atoms with Gasteiger partial charge >= 0.3 is 6.03 Å². The number of rotatable bonds is 1. The van der Waals surface area contributed by atoms with Gasteiger partial charge in [-0.15, -0.1) is 0 Å². The highest BCUT2D eigenvalue weighted by atomic mass is 32.2. The van der Waals surface area contributed by atoms with Crippen LogP contribution in [0.15, 0.2) is 0 Å². The Kier molecular flexibility index (Phi) is 2.16. The first-order valence-electron chi connectivity index (χ1n) is 2.93. The van der Waals surface area contributed by atoms with Crippen LogP contribution in [0.1, 0.15) is 6.42 Å². The zero-order chi connectivity index (χ0) is 7.56. The molecular formula is C5H8N2O2S. The molecule has 0 saturated carbocycles. The molecular weight excluding hydrogens is 152 g/mol. The van der Waals surface area contributed by atoms with Gasteiger partial charge in [0.25, 0.3) is 0 Å². The van der Waals surface area contributed by atoms with Gasteiger partial charge in [-0.25, -0.2) is 4.79 Å². The summed E-state index contributed by atoms with van der Waals surface area (Å²) in [6, 6.07) is -0.969. The van der Waals surface area contributed by atoms with Gasteiger partial charge in [0.05, 0.1) is 0 Å². The quantitative estimate of drug-likeness (QED) is 0.552. The summed E-state index contributed by atoms with van der Waals surface area (Å²) in [6.45, 7) is 0. The van der Waals surface area contributed by atoms with Crippen LogP contribution in [0.5, 0.6) is 0 Å². The Morgan fingerprint density at radius 2 is 2.50 bits per heavy atom. The maximum Gasteiger partial charge on any atom is 0.312 e. The van der Waals surface area contributed by atoms with Crippen molar-refractivity contribution in [1.29, 1.82) is 0 Å². The molecule has 0 aromatic carbocycles. The third-order valence-corrected chi connectivity index (χ3v) is 2.26. The zero-order valence-corrected chi connectivity index (χ0v) is 6.11. The summed E-state index contributed by atoms with van der Waals surface area (Å²) in [4.78, 5) is 21.1. The van der Waals surface area contributed by atoms with Crippen LogP contribution in [0.2, 0.25) is 0 Å². The molecule has 0 spiro atoms. The molecule has 4 nitrogen and oxygen atoms in total. The van der Waals surface area contributed by atoms with Crippen molar-refractivity contribution in [3.05, 3.63) is 0 Å². The molecule has 1 aliphatic rings. The molecule has 0 radical (unpaired) electrons. The lowest BCUT2D eigenvalue weighted by molar-refractivity contribution is -0.112. The van der Waals surface area contributed by atoms with Crippen LogP contribution in [0, 0.1) is 0 Å². The molecule has 2 amide bonds. The molecule has 1 heterocycles. The monoisotopic (exact) mass is 160 g/mol. The first-order valence-corrected chi connectivity index (χ1v) is 3.91. The van der Waals surface area contributed by atoms with Gasteiger partial charge in [0.15, 0.2) is 0 Å². The second-order valence-electron chi connectivity index (χ2n) is 2.02. The summed E-state index contributed by atoms with van der Waals surface area (Å²) < 4.78 is 0. The smallest absolute Gasteiger partial charge is 0.312 e. The lowest BCUT2D eigenvalue weighted by Crippen LogP contribution is -2.40. The van der Waals surface area contributed by atoms with Crippen LogP contribution in [0.4, 0.5) is 4.79 Å². The van der Waals surface area contributed by atoms with Gasteiger partial charge in [-0.05, 0) is 6.42 Å². The van der Waals surface area contributed by atoms with Crippen LogP contribution in [-0.2, 0) is 4.79 Å². The molecule has 3 N–H and O–H groups in total. The Balaban J connectivity index is 2.40. The number of primary amides is 1. The molecule has 0 aliphatic carbocycles. The second-order valence-corrected chi connectivity index (χ2v) is 3.12. The minimum absolute atomic E-state index is 0.0128. The fourth-order valence-corrected chi connectivity index (χ4v) is 1.73. The van der Waals surface area contributed by atoms with E-state index in [-0.39, 0.29) is 11.2 Å². The Morgan fingerprint density at radius 3 is 2.90 bits per heavy atom. The van der Waals surface area contributed by atoms with E-state index in [2.05, 4.69) is 5.32 Å². The summed E-state index contributed by atoms with van der Waals surface area (Å²) in [6.07, 6.45) is 0.701. The van der Waals surface area contributed by atoms with Crippen molar-refractivity contribution < 1.29 is 9.59 Å². The van der Waals surface area contributed by atoms with Crippen molar-refractivity contribution in [2.24, 2.45) is 5.73 Å². The number of thioether (sulfide) groups is 1. The minimum atomic E-state index is -0.624. The summed E-state index contributed by atoms with van der Waals surface area (Å²) in [5.74, 6) is 0.782. The average molecular weight is 160 g/mol. The lowest BCUT2D eigenvalue weighted by Gasteiger charge is -2.05. The van der Waals surface area contributed by atoms with E-state index in [9.17, 15) is 9.59 Å². The fourth-order valence-electron chi connectivity index (χ4n) is 0.799. The van der Waals surface area contributed by atoms with Gasteiger partial charge in [-0.1, -0.05) is 11.8 Å². The standard InChI is InChI=1S/C5H8N2O2S/c6-5(9)7-3-1-2-10-4(3)8/h3H,1-2H2,(H3,6,7,9). The summed E-state index contributed by atoms with van der Waals surface area (Å²) in [7, 11) is 0. The number of nitrogens with two attached hydrogens (primary N) is 1. The molecule has 5 heteroatoms. The third-order valence-electron chi connectivity index (χ3n) is 1.25. The van der Waals surface area contributed by atoms with Crippen molar-refractivity contribution in [3.8, 4) is 0 Å². The molecule has 10 heavy (non-hydrogen) atoms. The largest absolute Gasteiger partial charge is 0.352 e. The van der Waals surface area contributed by atoms with Crippen molar-refractivity contribution in [2.75, 3.05) is 5.75 Å². The summed E-state index contributed by atoms with van der Waals surface area (Å²) in [5, 5.41) is 2.37. The number of hydrogen-bond donors (Lipinski definition) is 2. The van der Waals surface area contributed by atoms with E-state index in [0.29, 0.717) is 6.42 Å². The van der Waals surface area contributed by atoms with Gasteiger partial charge in [-0.2, -0.15) is 0 Å². The summed E-state index contributed by atoms with van der Waals surface area (Å²) >= 11 is 1.24. The van der Waals surface area contributed by atoms with Gasteiger partial charge < -0.3 is 11.1 Å². The number of carbonyl (C=O) groups is 2. The lowest BCUT2D eigenvalue weighted by atomic mass is 10.2. The highest BCUT2D eigenvalue weighted by Crippen LogP contribution is 2.18. The van der Waals surface area contributed by atoms with Crippen LogP contribution in [-0.4, -0.2) is 22.9 Å². The van der Waals surface area contributed by atoms with Crippen LogP contribution >= 0.6 is 11.8 Å². The molecule has 1 unspecified atom stereocenters. The second kappa shape index (κ2) is 2.92. The zero-order valence-electron chi connectivity index (χ0n) is 5.29. The molecule has 0 aromatic heterocycles. The topological polar surface area (TPSA) is 72.2 Å². The van der Waals surface area contributed by atoms with Gasteiger partial charge in [0.2, 0.25) is 5.12 Å². The van der Waals surface area contributed by atoms with E-state index in [1.807, 2.05) is 0 Å². The van der Waals surface area contributed by atoms with Gasteiger partial charge in [0, 0.05) is 5.75 Å². The fraction of sp³-hybridized carbons (Fsp3) is 0.600. The van der Waals surface area contributed by atoms with Crippen molar-refractivity contribution in [3.63, 3.8) is 0 Å². The van der Waals surface area contributed by atoms with Crippen LogP contribution < -0.4 is 11.1 Å². The number of nitrogens with one attached hydrogen (secondary N) is 1. The predicted octanol–water partition coefficient (Wildman–Crippen LogP) is -0.313. The Bertz CT molecular complexity index is 171. The van der Waals surface area contributed by atoms with Gasteiger partial charge in [0.1, 0.15) is 6.04 Å². The minimum Gasteiger partial charge on any atom is -0.352 e. The van der Waals surface area contributed by atoms with E-state index < -0.39 is 6.03 Å². The molecule has 1 saturated heterocycles. The molecule has 0 bridgehead atoms. The van der Waals surface area contributed by atoms with E-state index in [0.717, 1.165) is 5.75 Å². The van der Waals surface area contributed by atoms with Gasteiger partial charge in [-0.3, -0.25) is 4.79 Å². The average Bonchev–Trinajstić information content (AvgIpc) is 2.15. The molecule has 56 valence electrons. The molecule has 1 atom stereocenters. The van der Waals surface area contributed by atoms with Crippen molar-refractivity contribution in [2.45, 2.75) is 12.5 Å². The number of urea groups is 1. The first kappa shape index (κ1) is 7.40. The predicted molar refractivity (Wildman–Crippen MR) is 38.6 cm³/mol. The van der Waals surface area contributed by atoms with Crippen LogP contribution in [0.25, 0.3) is 0 Å². The Morgan fingerprint density at radius 1 is 1.80 bits per heavy atom. The van der Waals surface area contributed by atoms with E-state index in [1.54, 1.807) is 0 Å². The maximum atomic E-state index is 10.8. The Labute approximate surface area is 62.5 Å². The van der Waals surface area contributed by atoms with Crippen molar-refractivity contribution in [1.82, 2.24) is 5.32 Å². The molecule has 1 fully saturated rings. The van der Waals surface area contributed by atoms with E-state index in [4.69, 9.17) is 5.73 Å². The SMILES string of the molecule is NC(=O)NC1CCSC1=O. The highest BCUT2D eigenvalue weighted by molar-refractivity contribution is 8.14. The van der Waals surface area contributed by atoms with E-state index in [1.165, 1.54) is 11.8 Å². The summed E-state index contributed by atoms with van der Waals surface area (Å²) in [5.41, 5.74) is 4.82.